The second-order valence-electron chi connectivity index (χ2n) is 9.57. The molecule has 13 heteroatoms. The van der Waals surface area contributed by atoms with Gasteiger partial charge in [-0.15, -0.1) is 0 Å². The van der Waals surface area contributed by atoms with Gasteiger partial charge in [0.15, 0.2) is 0 Å². The molecule has 39 heavy (non-hydrogen) atoms. The monoisotopic (exact) mass is 607 g/mol. The van der Waals surface area contributed by atoms with E-state index in [9.17, 15) is 31.2 Å². The van der Waals surface area contributed by atoms with E-state index < -0.39 is 51.9 Å². The summed E-state index contributed by atoms with van der Waals surface area (Å²) in [6.07, 6.45) is 0.645. The van der Waals surface area contributed by atoms with Gasteiger partial charge in [-0.1, -0.05) is 60.7 Å². The molecule has 0 spiro atoms. The summed E-state index contributed by atoms with van der Waals surface area (Å²) in [5.41, 5.74) is -1.12. The van der Waals surface area contributed by atoms with Crippen molar-refractivity contribution in [3.63, 3.8) is 0 Å². The van der Waals surface area contributed by atoms with Gasteiger partial charge in [0.25, 0.3) is 0 Å². The molecule has 2 amide bonds. The van der Waals surface area contributed by atoms with Crippen molar-refractivity contribution in [2.45, 2.75) is 63.8 Å². The Bertz CT molecular complexity index is 1300. The number of alkyl halides is 3. The molecule has 1 N–H and O–H groups in total. The predicted octanol–water partition coefficient (Wildman–Crippen LogP) is 5.64. The van der Waals surface area contributed by atoms with Crippen LogP contribution in [0.3, 0.4) is 0 Å². The molecule has 0 bridgehead atoms. The summed E-state index contributed by atoms with van der Waals surface area (Å²) < 4.78 is 66.0. The Morgan fingerprint density at radius 2 is 1.69 bits per heavy atom. The summed E-state index contributed by atoms with van der Waals surface area (Å²) in [6, 6.07) is 7.80. The van der Waals surface area contributed by atoms with Crippen LogP contribution in [0, 0.1) is 0 Å². The highest BCUT2D eigenvalue weighted by Crippen LogP contribution is 2.36. The molecule has 0 radical (unpaired) electrons. The fraction of sp³-hybridized carbons (Fsp3) is 0.462. The number of anilines is 1. The second-order valence-corrected chi connectivity index (χ2v) is 12.3. The highest BCUT2D eigenvalue weighted by atomic mass is 35.5. The minimum absolute atomic E-state index is 0.0394. The van der Waals surface area contributed by atoms with E-state index in [1.54, 1.807) is 24.3 Å². The smallest absolute Gasteiger partial charge is 0.352 e. The third kappa shape index (κ3) is 8.25. The normalized spacial score (nSPS) is 15.5. The number of amides is 2. The largest absolute Gasteiger partial charge is 0.416 e. The molecule has 214 valence electrons. The highest BCUT2D eigenvalue weighted by molar-refractivity contribution is 7.92. The maximum atomic E-state index is 13.7. The number of hydrogen-bond acceptors (Lipinski definition) is 4. The zero-order valence-electron chi connectivity index (χ0n) is 21.5. The van der Waals surface area contributed by atoms with Gasteiger partial charge in [0, 0.05) is 17.6 Å². The topological polar surface area (TPSA) is 86.8 Å². The maximum absolute atomic E-state index is 13.7. The molecule has 0 saturated heterocycles. The van der Waals surface area contributed by atoms with Crippen LogP contribution in [0.5, 0.6) is 0 Å². The molecule has 0 aliphatic heterocycles. The molecule has 1 saturated carbocycles. The standard InChI is InChI=1S/C26H30Cl2F3N3O4S/c1-17(25(36)32-20-9-4-3-5-10-20)33(15-18-8-6-7-11-21(18)27)24(35)16-34(39(2,37)38)23-14-19(26(29,30)31)12-13-22(23)28/h6-8,11-14,17,20H,3-5,9-10,15-16H2,1-2H3,(H,32,36)/t17-/m1/s1. The van der Waals surface area contributed by atoms with Crippen molar-refractivity contribution in [1.29, 1.82) is 0 Å². The molecule has 1 atom stereocenters. The van der Waals surface area contributed by atoms with Gasteiger partial charge in [-0.25, -0.2) is 8.42 Å². The lowest BCUT2D eigenvalue weighted by Gasteiger charge is -2.33. The van der Waals surface area contributed by atoms with Gasteiger partial charge in [-0.3, -0.25) is 13.9 Å². The molecule has 0 unspecified atom stereocenters. The van der Waals surface area contributed by atoms with E-state index in [0.717, 1.165) is 50.5 Å². The van der Waals surface area contributed by atoms with Crippen LogP contribution >= 0.6 is 23.2 Å². The molecule has 1 aliphatic rings. The number of hydrogen-bond donors (Lipinski definition) is 1. The van der Waals surface area contributed by atoms with Crippen molar-refractivity contribution in [3.8, 4) is 0 Å². The lowest BCUT2D eigenvalue weighted by molar-refractivity contribution is -0.139. The van der Waals surface area contributed by atoms with Crippen LogP contribution in [0.4, 0.5) is 18.9 Å². The zero-order valence-corrected chi connectivity index (χ0v) is 23.8. The summed E-state index contributed by atoms with van der Waals surface area (Å²) in [5.74, 6) is -1.24. The molecule has 0 aromatic heterocycles. The van der Waals surface area contributed by atoms with Gasteiger partial charge in [0.05, 0.1) is 22.5 Å². The Morgan fingerprint density at radius 3 is 2.28 bits per heavy atom. The number of carbonyl (C=O) groups excluding carboxylic acids is 2. The summed E-state index contributed by atoms with van der Waals surface area (Å²) in [7, 11) is -4.27. The van der Waals surface area contributed by atoms with Crippen molar-refractivity contribution in [3.05, 3.63) is 63.6 Å². The minimum Gasteiger partial charge on any atom is -0.352 e. The van der Waals surface area contributed by atoms with Crippen molar-refractivity contribution < 1.29 is 31.2 Å². The second kappa shape index (κ2) is 12.8. The molecule has 2 aromatic carbocycles. The Hall–Kier alpha value is -2.50. The van der Waals surface area contributed by atoms with Crippen LogP contribution in [-0.4, -0.2) is 50.0 Å². The average Bonchev–Trinajstić information content (AvgIpc) is 2.86. The summed E-state index contributed by atoms with van der Waals surface area (Å²) >= 11 is 12.4. The Morgan fingerprint density at radius 1 is 1.05 bits per heavy atom. The molecule has 3 rings (SSSR count). The van der Waals surface area contributed by atoms with E-state index in [2.05, 4.69) is 5.32 Å². The first-order valence-corrected chi connectivity index (χ1v) is 15.0. The van der Waals surface area contributed by atoms with E-state index in [0.29, 0.717) is 21.0 Å². The summed E-state index contributed by atoms with van der Waals surface area (Å²) in [5, 5.41) is 3.00. The van der Waals surface area contributed by atoms with Gasteiger partial charge >= 0.3 is 6.18 Å². The van der Waals surface area contributed by atoms with Gasteiger partial charge < -0.3 is 10.2 Å². The molecule has 2 aromatic rings. The number of benzene rings is 2. The lowest BCUT2D eigenvalue weighted by Crippen LogP contribution is -2.53. The quantitative estimate of drug-likeness (QED) is 0.399. The molecule has 7 nitrogen and oxygen atoms in total. The van der Waals surface area contributed by atoms with Crippen LogP contribution in [-0.2, 0) is 32.3 Å². The molecule has 1 fully saturated rings. The first-order chi connectivity index (χ1) is 18.2. The lowest BCUT2D eigenvalue weighted by atomic mass is 9.95. The predicted molar refractivity (Wildman–Crippen MR) is 145 cm³/mol. The zero-order chi connectivity index (χ0) is 29.0. The number of carbonyl (C=O) groups is 2. The third-order valence-corrected chi connectivity index (χ3v) is 8.45. The van der Waals surface area contributed by atoms with Crippen molar-refractivity contribution in [1.82, 2.24) is 10.2 Å². The van der Waals surface area contributed by atoms with Gasteiger partial charge in [0.1, 0.15) is 12.6 Å². The SMILES string of the molecule is C[C@H](C(=O)NC1CCCCC1)N(Cc1ccccc1Cl)C(=O)CN(c1cc(C(F)(F)F)ccc1Cl)S(C)(=O)=O. The number of sulfonamides is 1. The molecule has 0 heterocycles. The number of nitrogens with one attached hydrogen (secondary N) is 1. The van der Waals surface area contributed by atoms with E-state index in [-0.39, 0.29) is 17.6 Å². The number of rotatable bonds is 9. The van der Waals surface area contributed by atoms with Crippen molar-refractivity contribution in [2.24, 2.45) is 0 Å². The first-order valence-electron chi connectivity index (χ1n) is 12.4. The van der Waals surface area contributed by atoms with Crippen LogP contribution in [0.25, 0.3) is 0 Å². The fourth-order valence-electron chi connectivity index (χ4n) is 4.44. The Balaban J connectivity index is 1.96. The summed E-state index contributed by atoms with van der Waals surface area (Å²) in [6.45, 7) is 0.492. The van der Waals surface area contributed by atoms with Crippen molar-refractivity contribution in [2.75, 3.05) is 17.1 Å². The van der Waals surface area contributed by atoms with E-state index >= 15 is 0 Å². The maximum Gasteiger partial charge on any atom is 0.416 e. The van der Waals surface area contributed by atoms with E-state index in [1.165, 1.54) is 11.8 Å². The molecule has 1 aliphatic carbocycles. The minimum atomic E-state index is -4.77. The van der Waals surface area contributed by atoms with Crippen LogP contribution in [0.15, 0.2) is 42.5 Å². The van der Waals surface area contributed by atoms with Crippen molar-refractivity contribution >= 4 is 50.7 Å². The average molecular weight is 609 g/mol. The fourth-order valence-corrected chi connectivity index (χ4v) is 5.75. The third-order valence-electron chi connectivity index (χ3n) is 6.64. The van der Waals surface area contributed by atoms with E-state index in [4.69, 9.17) is 23.2 Å². The molecular weight excluding hydrogens is 578 g/mol. The van der Waals surface area contributed by atoms with Crippen LogP contribution in [0.2, 0.25) is 10.0 Å². The van der Waals surface area contributed by atoms with E-state index in [1.807, 2.05) is 0 Å². The molecular formula is C26H30Cl2F3N3O4S. The van der Waals surface area contributed by atoms with Gasteiger partial charge in [-0.05, 0) is 49.6 Å². The number of halogens is 5. The van der Waals surface area contributed by atoms with Crippen LogP contribution in [0.1, 0.15) is 50.2 Å². The van der Waals surface area contributed by atoms with Gasteiger partial charge in [-0.2, -0.15) is 13.2 Å². The Labute approximate surface area is 236 Å². The highest BCUT2D eigenvalue weighted by Gasteiger charge is 2.35. The first kappa shape index (κ1) is 31.0. The summed E-state index contributed by atoms with van der Waals surface area (Å²) in [4.78, 5) is 28.0. The van der Waals surface area contributed by atoms with Crippen LogP contribution < -0.4 is 9.62 Å². The Kier molecular flexibility index (Phi) is 10.2. The van der Waals surface area contributed by atoms with Gasteiger partial charge in [0.2, 0.25) is 21.8 Å². The number of nitrogens with zero attached hydrogens (tertiary/aromatic N) is 2.